The molecule has 0 aliphatic carbocycles. The van der Waals surface area contributed by atoms with E-state index in [2.05, 4.69) is 5.10 Å². The fraction of sp³-hybridized carbons (Fsp3) is 0.250. The van der Waals surface area contributed by atoms with Gasteiger partial charge in [-0.25, -0.2) is 4.79 Å². The molecule has 2 aromatic heterocycles. The number of aromatic nitrogens is 2. The third-order valence-electron chi connectivity index (χ3n) is 3.94. The Kier molecular flexibility index (Phi) is 3.29. The van der Waals surface area contributed by atoms with Crippen LogP contribution >= 0.6 is 11.3 Å². The number of aromatic carboxylic acids is 1. The third kappa shape index (κ3) is 2.23. The highest BCUT2D eigenvalue weighted by Crippen LogP contribution is 2.32. The van der Waals surface area contributed by atoms with Gasteiger partial charge < -0.3 is 5.11 Å². The lowest BCUT2D eigenvalue weighted by atomic mass is 10.1. The molecule has 0 fully saturated rings. The lowest BCUT2D eigenvalue weighted by Gasteiger charge is -2.05. The van der Waals surface area contributed by atoms with Gasteiger partial charge >= 0.3 is 5.97 Å². The minimum atomic E-state index is -0.871. The second kappa shape index (κ2) is 5.00. The predicted molar refractivity (Wildman–Crippen MR) is 84.3 cm³/mol. The van der Waals surface area contributed by atoms with Crippen LogP contribution in [0, 0.1) is 20.8 Å². The molecule has 0 radical (unpaired) electrons. The first-order valence-corrected chi connectivity index (χ1v) is 7.55. The summed E-state index contributed by atoms with van der Waals surface area (Å²) in [6, 6.07) is 7.81. The molecule has 0 amide bonds. The molecule has 0 atom stereocenters. The molecule has 0 bridgehead atoms. The summed E-state index contributed by atoms with van der Waals surface area (Å²) in [5.41, 5.74) is 4.07. The Balaban J connectivity index is 2.17. The quantitative estimate of drug-likeness (QED) is 0.801. The second-order valence-corrected chi connectivity index (χ2v) is 6.22. The van der Waals surface area contributed by atoms with E-state index in [-0.39, 0.29) is 0 Å². The Morgan fingerprint density at radius 1 is 1.29 bits per heavy atom. The predicted octanol–water partition coefficient (Wildman–Crippen LogP) is 3.77. The molecule has 3 aromatic rings. The first-order valence-electron chi connectivity index (χ1n) is 6.73. The van der Waals surface area contributed by atoms with Gasteiger partial charge in [0.25, 0.3) is 0 Å². The number of fused-ring (bicyclic) bond motifs is 1. The van der Waals surface area contributed by atoms with Crippen molar-refractivity contribution in [3.8, 4) is 0 Å². The molecule has 0 spiro atoms. The maximum atomic E-state index is 11.5. The molecule has 0 aliphatic rings. The van der Waals surface area contributed by atoms with Gasteiger partial charge in [-0.1, -0.05) is 18.2 Å². The number of carboxylic acids is 1. The number of nitrogens with zero attached hydrogens (tertiary/aromatic N) is 2. The molecule has 2 heterocycles. The lowest BCUT2D eigenvalue weighted by molar-refractivity contribution is 0.0701. The number of thiophene rings is 1. The van der Waals surface area contributed by atoms with E-state index in [9.17, 15) is 9.90 Å². The zero-order chi connectivity index (χ0) is 15.1. The summed E-state index contributed by atoms with van der Waals surface area (Å²) in [6.07, 6.45) is 0. The number of benzene rings is 1. The van der Waals surface area contributed by atoms with Gasteiger partial charge in [0, 0.05) is 16.0 Å². The number of hydrogen-bond donors (Lipinski definition) is 1. The standard InChI is InChI=1S/C16H16N2O2S/c1-9-10(2)17-18(11(9)3)8-13-12-6-4-5-7-14(12)21-15(13)16(19)20/h4-7H,8H2,1-3H3,(H,19,20). The highest BCUT2D eigenvalue weighted by Gasteiger charge is 2.19. The number of carbonyl (C=O) groups is 1. The summed E-state index contributed by atoms with van der Waals surface area (Å²) in [4.78, 5) is 11.9. The van der Waals surface area contributed by atoms with Crippen molar-refractivity contribution in [2.24, 2.45) is 0 Å². The van der Waals surface area contributed by atoms with Crippen molar-refractivity contribution >= 4 is 27.4 Å². The van der Waals surface area contributed by atoms with Gasteiger partial charge in [0.2, 0.25) is 0 Å². The molecule has 0 unspecified atom stereocenters. The Morgan fingerprint density at radius 3 is 2.62 bits per heavy atom. The van der Waals surface area contributed by atoms with Gasteiger partial charge in [0.15, 0.2) is 0 Å². The molecule has 0 saturated carbocycles. The minimum Gasteiger partial charge on any atom is -0.477 e. The van der Waals surface area contributed by atoms with Crippen molar-refractivity contribution in [3.05, 3.63) is 51.7 Å². The van der Waals surface area contributed by atoms with Crippen molar-refractivity contribution in [2.45, 2.75) is 27.3 Å². The summed E-state index contributed by atoms with van der Waals surface area (Å²) in [5, 5.41) is 15.0. The number of hydrogen-bond acceptors (Lipinski definition) is 3. The van der Waals surface area contributed by atoms with E-state index in [0.29, 0.717) is 11.4 Å². The summed E-state index contributed by atoms with van der Waals surface area (Å²) in [7, 11) is 0. The molecular formula is C16H16N2O2S. The molecular weight excluding hydrogens is 284 g/mol. The fourth-order valence-corrected chi connectivity index (χ4v) is 3.57. The summed E-state index contributed by atoms with van der Waals surface area (Å²) < 4.78 is 2.90. The largest absolute Gasteiger partial charge is 0.477 e. The molecule has 1 aromatic carbocycles. The molecule has 1 N–H and O–H groups in total. The maximum Gasteiger partial charge on any atom is 0.346 e. The average Bonchev–Trinajstić information content (AvgIpc) is 2.94. The highest BCUT2D eigenvalue weighted by atomic mass is 32.1. The SMILES string of the molecule is Cc1nn(Cc2c(C(=O)O)sc3ccccc23)c(C)c1C. The number of carboxylic acid groups (broad SMARTS) is 1. The van der Waals surface area contributed by atoms with Gasteiger partial charge in [-0.05, 0) is 37.8 Å². The second-order valence-electron chi connectivity index (χ2n) is 5.16. The summed E-state index contributed by atoms with van der Waals surface area (Å²) >= 11 is 1.33. The summed E-state index contributed by atoms with van der Waals surface area (Å²) in [5.74, 6) is -0.871. The van der Waals surface area contributed by atoms with Crippen molar-refractivity contribution in [1.29, 1.82) is 0 Å². The first-order chi connectivity index (χ1) is 9.99. The molecule has 4 nitrogen and oxygen atoms in total. The molecule has 0 aliphatic heterocycles. The van der Waals surface area contributed by atoms with Gasteiger partial charge in [-0.2, -0.15) is 5.10 Å². The zero-order valence-corrected chi connectivity index (χ0v) is 13.0. The fourth-order valence-electron chi connectivity index (χ4n) is 2.52. The molecule has 21 heavy (non-hydrogen) atoms. The van der Waals surface area contributed by atoms with Crippen LogP contribution in [0.2, 0.25) is 0 Å². The van der Waals surface area contributed by atoms with Crippen molar-refractivity contribution in [3.63, 3.8) is 0 Å². The first kappa shape index (κ1) is 13.8. The van der Waals surface area contributed by atoms with Crippen molar-refractivity contribution in [1.82, 2.24) is 9.78 Å². The molecule has 108 valence electrons. The van der Waals surface area contributed by atoms with E-state index in [4.69, 9.17) is 0 Å². The monoisotopic (exact) mass is 300 g/mol. The van der Waals surface area contributed by atoms with Crippen LogP contribution in [0.1, 0.15) is 32.2 Å². The number of aryl methyl sites for hydroxylation is 1. The van der Waals surface area contributed by atoms with Gasteiger partial charge in [-0.15, -0.1) is 11.3 Å². The average molecular weight is 300 g/mol. The minimum absolute atomic E-state index is 0.404. The Morgan fingerprint density at radius 2 is 2.00 bits per heavy atom. The van der Waals surface area contributed by atoms with E-state index in [1.165, 1.54) is 11.3 Å². The third-order valence-corrected chi connectivity index (χ3v) is 5.14. The van der Waals surface area contributed by atoms with Crippen LogP contribution in [0.25, 0.3) is 10.1 Å². The van der Waals surface area contributed by atoms with E-state index in [0.717, 1.165) is 32.6 Å². The van der Waals surface area contributed by atoms with Crippen LogP contribution in [0.3, 0.4) is 0 Å². The van der Waals surface area contributed by atoms with Crippen molar-refractivity contribution < 1.29 is 9.90 Å². The van der Waals surface area contributed by atoms with E-state index >= 15 is 0 Å². The normalized spacial score (nSPS) is 11.2. The Hall–Kier alpha value is -2.14. The molecule has 3 rings (SSSR count). The lowest BCUT2D eigenvalue weighted by Crippen LogP contribution is -2.07. The maximum absolute atomic E-state index is 11.5. The van der Waals surface area contributed by atoms with E-state index in [1.807, 2.05) is 49.7 Å². The highest BCUT2D eigenvalue weighted by molar-refractivity contribution is 7.21. The van der Waals surface area contributed by atoms with Crippen LogP contribution in [0.15, 0.2) is 24.3 Å². The van der Waals surface area contributed by atoms with Gasteiger partial charge in [0.05, 0.1) is 12.2 Å². The van der Waals surface area contributed by atoms with Crippen molar-refractivity contribution in [2.75, 3.05) is 0 Å². The Labute approximate surface area is 126 Å². The topological polar surface area (TPSA) is 55.1 Å². The van der Waals surface area contributed by atoms with E-state index in [1.54, 1.807) is 0 Å². The smallest absolute Gasteiger partial charge is 0.346 e. The van der Waals surface area contributed by atoms with Crippen LogP contribution in [-0.2, 0) is 6.54 Å². The van der Waals surface area contributed by atoms with E-state index < -0.39 is 5.97 Å². The summed E-state index contributed by atoms with van der Waals surface area (Å²) in [6.45, 7) is 6.52. The van der Waals surface area contributed by atoms with Crippen LogP contribution in [-0.4, -0.2) is 20.9 Å². The molecule has 5 heteroatoms. The molecule has 0 saturated heterocycles. The van der Waals surface area contributed by atoms with Crippen LogP contribution < -0.4 is 0 Å². The van der Waals surface area contributed by atoms with Gasteiger partial charge in [0.1, 0.15) is 4.88 Å². The Bertz CT molecular complexity index is 845. The zero-order valence-electron chi connectivity index (χ0n) is 12.2. The van der Waals surface area contributed by atoms with Gasteiger partial charge in [-0.3, -0.25) is 4.68 Å². The number of rotatable bonds is 3. The van der Waals surface area contributed by atoms with Crippen LogP contribution in [0.5, 0.6) is 0 Å². The van der Waals surface area contributed by atoms with Crippen LogP contribution in [0.4, 0.5) is 0 Å².